The lowest BCUT2D eigenvalue weighted by molar-refractivity contribution is 0.0649. The highest BCUT2D eigenvalue weighted by atomic mass is 16.6. The monoisotopic (exact) mass is 458 g/mol. The fraction of sp³-hybridized carbons (Fsp3) is 0.357. The Labute approximate surface area is 200 Å². The van der Waals surface area contributed by atoms with Crippen LogP contribution in [0.25, 0.3) is 0 Å². The Morgan fingerprint density at radius 2 is 1.62 bits per heavy atom. The minimum atomic E-state index is -0.0860. The zero-order chi connectivity index (χ0) is 23.7. The first-order valence-corrected chi connectivity index (χ1v) is 11.9. The third-order valence-electron chi connectivity index (χ3n) is 6.97. The maximum absolute atomic E-state index is 13.3. The standard InChI is InChI=1S/C28H30N2O4/c1-19-16-24(20(2)30(19)18-21-6-4-3-5-7-21)28(32)29-12-10-22(11-13-29)27(31)23-8-9-25-26(17-23)34-15-14-33-25/h3-9,16-17,22H,10-15,18H2,1-2H3. The van der Waals surface area contributed by atoms with Gasteiger partial charge in [0.15, 0.2) is 17.3 Å². The summed E-state index contributed by atoms with van der Waals surface area (Å²) in [5.74, 6) is 1.41. The molecule has 0 unspecified atom stereocenters. The SMILES string of the molecule is Cc1cc(C(=O)N2CCC(C(=O)c3ccc4c(c3)OCCO4)CC2)c(C)n1Cc1ccccc1. The molecule has 3 heterocycles. The van der Waals surface area contributed by atoms with Crippen molar-refractivity contribution < 1.29 is 19.1 Å². The molecular weight excluding hydrogens is 428 g/mol. The summed E-state index contributed by atoms with van der Waals surface area (Å²) in [4.78, 5) is 28.3. The van der Waals surface area contributed by atoms with Gasteiger partial charge in [-0.1, -0.05) is 30.3 Å². The van der Waals surface area contributed by atoms with Gasteiger partial charge in [-0.2, -0.15) is 0 Å². The van der Waals surface area contributed by atoms with Crippen LogP contribution in [0.4, 0.5) is 0 Å². The van der Waals surface area contributed by atoms with Crippen LogP contribution >= 0.6 is 0 Å². The van der Waals surface area contributed by atoms with E-state index in [9.17, 15) is 9.59 Å². The molecule has 6 heteroatoms. The lowest BCUT2D eigenvalue weighted by atomic mass is 9.88. The minimum absolute atomic E-state index is 0.0534. The molecule has 2 aliphatic heterocycles. The average molecular weight is 459 g/mol. The third kappa shape index (κ3) is 4.32. The molecule has 1 aromatic heterocycles. The number of aryl methyl sites for hydroxylation is 1. The quantitative estimate of drug-likeness (QED) is 0.522. The number of benzene rings is 2. The van der Waals surface area contributed by atoms with Crippen molar-refractivity contribution in [3.63, 3.8) is 0 Å². The van der Waals surface area contributed by atoms with Crippen LogP contribution in [0.1, 0.15) is 50.5 Å². The topological polar surface area (TPSA) is 60.8 Å². The van der Waals surface area contributed by atoms with Gasteiger partial charge in [0.2, 0.25) is 0 Å². The van der Waals surface area contributed by atoms with Crippen molar-refractivity contribution in [1.82, 2.24) is 9.47 Å². The lowest BCUT2D eigenvalue weighted by Gasteiger charge is -2.31. The molecule has 0 radical (unpaired) electrons. The largest absolute Gasteiger partial charge is 0.486 e. The molecule has 176 valence electrons. The molecule has 1 fully saturated rings. The molecule has 0 aliphatic carbocycles. The number of nitrogens with zero attached hydrogens (tertiary/aromatic N) is 2. The van der Waals surface area contributed by atoms with E-state index in [2.05, 4.69) is 16.7 Å². The first-order chi connectivity index (χ1) is 16.5. The van der Waals surface area contributed by atoms with E-state index in [1.54, 1.807) is 6.07 Å². The molecule has 0 saturated carbocycles. The molecule has 1 saturated heterocycles. The van der Waals surface area contributed by atoms with Crippen molar-refractivity contribution in [2.24, 2.45) is 5.92 Å². The minimum Gasteiger partial charge on any atom is -0.486 e. The molecule has 0 bridgehead atoms. The zero-order valence-electron chi connectivity index (χ0n) is 19.8. The maximum Gasteiger partial charge on any atom is 0.255 e. The summed E-state index contributed by atoms with van der Waals surface area (Å²) in [6, 6.07) is 17.7. The van der Waals surface area contributed by atoms with Crippen LogP contribution < -0.4 is 9.47 Å². The third-order valence-corrected chi connectivity index (χ3v) is 6.97. The van der Waals surface area contributed by atoms with Gasteiger partial charge < -0.3 is 18.9 Å². The van der Waals surface area contributed by atoms with Crippen molar-refractivity contribution in [2.75, 3.05) is 26.3 Å². The van der Waals surface area contributed by atoms with Crippen LogP contribution in [0.15, 0.2) is 54.6 Å². The Morgan fingerprint density at radius 1 is 0.912 bits per heavy atom. The van der Waals surface area contributed by atoms with Crippen LogP contribution in [0.5, 0.6) is 11.5 Å². The number of hydrogen-bond acceptors (Lipinski definition) is 4. The molecular formula is C28H30N2O4. The smallest absolute Gasteiger partial charge is 0.255 e. The van der Waals surface area contributed by atoms with Gasteiger partial charge in [0.25, 0.3) is 5.91 Å². The number of ketones is 1. The fourth-order valence-electron chi connectivity index (χ4n) is 4.97. The number of hydrogen-bond donors (Lipinski definition) is 0. The number of carbonyl (C=O) groups excluding carboxylic acids is 2. The van der Waals surface area contributed by atoms with Crippen molar-refractivity contribution in [3.05, 3.63) is 82.7 Å². The summed E-state index contributed by atoms with van der Waals surface area (Å²) in [5.41, 5.74) is 4.68. The number of ether oxygens (including phenoxy) is 2. The molecule has 5 rings (SSSR count). The van der Waals surface area contributed by atoms with Crippen LogP contribution in [0, 0.1) is 19.8 Å². The Kier molecular flexibility index (Phi) is 6.14. The second-order valence-corrected chi connectivity index (χ2v) is 9.15. The number of carbonyl (C=O) groups is 2. The van der Waals surface area contributed by atoms with Crippen LogP contribution in [0.3, 0.4) is 0 Å². The second kappa shape index (κ2) is 9.37. The Balaban J connectivity index is 1.24. The zero-order valence-corrected chi connectivity index (χ0v) is 19.8. The maximum atomic E-state index is 13.3. The first kappa shape index (κ1) is 22.3. The summed E-state index contributed by atoms with van der Waals surface area (Å²) < 4.78 is 13.4. The van der Waals surface area contributed by atoms with Crippen molar-refractivity contribution in [3.8, 4) is 11.5 Å². The van der Waals surface area contributed by atoms with Crippen LogP contribution in [-0.4, -0.2) is 47.5 Å². The number of amides is 1. The normalized spacial score (nSPS) is 15.9. The van der Waals surface area contributed by atoms with Crippen LogP contribution in [-0.2, 0) is 6.54 Å². The summed E-state index contributed by atoms with van der Waals surface area (Å²) in [6.07, 6.45) is 1.34. The first-order valence-electron chi connectivity index (χ1n) is 11.9. The highest BCUT2D eigenvalue weighted by Crippen LogP contribution is 2.33. The number of piperidine rings is 1. The Bertz CT molecular complexity index is 1210. The van der Waals surface area contributed by atoms with Crippen molar-refractivity contribution in [1.29, 1.82) is 0 Å². The predicted molar refractivity (Wildman–Crippen MR) is 130 cm³/mol. The van der Waals surface area contributed by atoms with Gasteiger partial charge in [0, 0.05) is 42.5 Å². The van der Waals surface area contributed by atoms with Gasteiger partial charge in [-0.3, -0.25) is 9.59 Å². The van der Waals surface area contributed by atoms with E-state index >= 15 is 0 Å². The second-order valence-electron chi connectivity index (χ2n) is 9.15. The van der Waals surface area contributed by atoms with Gasteiger partial charge >= 0.3 is 0 Å². The molecule has 6 nitrogen and oxygen atoms in total. The molecule has 3 aromatic rings. The van der Waals surface area contributed by atoms with E-state index in [1.165, 1.54) is 5.56 Å². The molecule has 0 N–H and O–H groups in total. The number of likely N-dealkylation sites (tertiary alicyclic amines) is 1. The Morgan fingerprint density at radius 3 is 2.35 bits per heavy atom. The average Bonchev–Trinajstić information content (AvgIpc) is 3.16. The summed E-state index contributed by atoms with van der Waals surface area (Å²) >= 11 is 0. The molecule has 34 heavy (non-hydrogen) atoms. The molecule has 1 amide bonds. The van der Waals surface area contributed by atoms with Crippen molar-refractivity contribution >= 4 is 11.7 Å². The summed E-state index contributed by atoms with van der Waals surface area (Å²) in [5, 5.41) is 0. The van der Waals surface area contributed by atoms with Gasteiger partial charge in [-0.25, -0.2) is 0 Å². The summed E-state index contributed by atoms with van der Waals surface area (Å²) in [7, 11) is 0. The van der Waals surface area contributed by atoms with Gasteiger partial charge in [0.05, 0.1) is 5.56 Å². The van der Waals surface area contributed by atoms with E-state index in [4.69, 9.17) is 9.47 Å². The molecule has 0 spiro atoms. The van der Waals surface area contributed by atoms with E-state index < -0.39 is 0 Å². The van der Waals surface area contributed by atoms with E-state index in [0.29, 0.717) is 56.2 Å². The highest BCUT2D eigenvalue weighted by molar-refractivity contribution is 5.99. The van der Waals surface area contributed by atoms with Crippen LogP contribution in [0.2, 0.25) is 0 Å². The van der Waals surface area contributed by atoms with E-state index in [-0.39, 0.29) is 17.6 Å². The van der Waals surface area contributed by atoms with Gasteiger partial charge in [-0.15, -0.1) is 0 Å². The molecule has 0 atom stereocenters. The highest BCUT2D eigenvalue weighted by Gasteiger charge is 2.30. The number of fused-ring (bicyclic) bond motifs is 1. The number of aromatic nitrogens is 1. The number of Topliss-reactive ketones (excluding diaryl/α,β-unsaturated/α-hetero) is 1. The van der Waals surface area contributed by atoms with Gasteiger partial charge in [-0.05, 0) is 56.5 Å². The summed E-state index contributed by atoms with van der Waals surface area (Å²) in [6.45, 7) is 7.01. The number of rotatable bonds is 5. The fourth-order valence-corrected chi connectivity index (χ4v) is 4.97. The van der Waals surface area contributed by atoms with E-state index in [1.807, 2.05) is 55.1 Å². The molecule has 2 aliphatic rings. The molecule has 2 aromatic carbocycles. The lowest BCUT2D eigenvalue weighted by Crippen LogP contribution is -2.40. The Hall–Kier alpha value is -3.54. The van der Waals surface area contributed by atoms with Gasteiger partial charge in [0.1, 0.15) is 13.2 Å². The predicted octanol–water partition coefficient (Wildman–Crippen LogP) is 4.66. The van der Waals surface area contributed by atoms with E-state index in [0.717, 1.165) is 23.5 Å². The van der Waals surface area contributed by atoms with Crippen molar-refractivity contribution in [2.45, 2.75) is 33.2 Å².